The van der Waals surface area contributed by atoms with Gasteiger partial charge in [-0.2, -0.15) is 5.26 Å². The normalized spacial score (nSPS) is 11.5. The summed E-state index contributed by atoms with van der Waals surface area (Å²) in [5.41, 5.74) is 4.40. The fourth-order valence-corrected chi connectivity index (χ4v) is 2.79. The largest absolute Gasteiger partial charge is 0.372 e. The van der Waals surface area contributed by atoms with Crippen LogP contribution in [0.1, 0.15) is 28.4 Å². The second-order valence-corrected chi connectivity index (χ2v) is 5.98. The Kier molecular flexibility index (Phi) is 4.79. The molecule has 0 aliphatic carbocycles. The standard InChI is InChI=1S/C20H16ClN3/c1-14-5-4-6-15(11-14)20(19-7-2-3-10-23-19)24-18-9-8-17(21)12-16(18)13-22/h2-12,20,24H,1H3. The van der Waals surface area contributed by atoms with Gasteiger partial charge in [0.25, 0.3) is 0 Å². The number of anilines is 1. The summed E-state index contributed by atoms with van der Waals surface area (Å²) in [6.07, 6.45) is 1.77. The lowest BCUT2D eigenvalue weighted by Gasteiger charge is -2.21. The van der Waals surface area contributed by atoms with Crippen molar-refractivity contribution in [3.8, 4) is 6.07 Å². The summed E-state index contributed by atoms with van der Waals surface area (Å²) in [4.78, 5) is 4.48. The van der Waals surface area contributed by atoms with Gasteiger partial charge in [0.2, 0.25) is 0 Å². The Balaban J connectivity index is 2.05. The van der Waals surface area contributed by atoms with E-state index in [2.05, 4.69) is 41.5 Å². The fourth-order valence-electron chi connectivity index (χ4n) is 2.61. The molecule has 3 aromatic rings. The summed E-state index contributed by atoms with van der Waals surface area (Å²) < 4.78 is 0. The van der Waals surface area contributed by atoms with Gasteiger partial charge in [-0.15, -0.1) is 0 Å². The van der Waals surface area contributed by atoms with E-state index in [-0.39, 0.29) is 6.04 Å². The van der Waals surface area contributed by atoms with Crippen molar-refractivity contribution >= 4 is 17.3 Å². The van der Waals surface area contributed by atoms with Crippen molar-refractivity contribution in [2.75, 3.05) is 5.32 Å². The molecule has 118 valence electrons. The van der Waals surface area contributed by atoms with Crippen LogP contribution < -0.4 is 5.32 Å². The van der Waals surface area contributed by atoms with Crippen LogP contribution in [0.15, 0.2) is 66.9 Å². The molecule has 1 N–H and O–H groups in total. The number of benzene rings is 2. The molecule has 1 aromatic heterocycles. The lowest BCUT2D eigenvalue weighted by Crippen LogP contribution is -2.14. The molecule has 0 spiro atoms. The van der Waals surface area contributed by atoms with Gasteiger partial charge in [-0.05, 0) is 42.8 Å². The number of hydrogen-bond donors (Lipinski definition) is 1. The Morgan fingerprint density at radius 2 is 1.96 bits per heavy atom. The quantitative estimate of drug-likeness (QED) is 0.721. The second-order valence-electron chi connectivity index (χ2n) is 5.55. The van der Waals surface area contributed by atoms with Crippen LogP contribution in [-0.4, -0.2) is 4.98 Å². The van der Waals surface area contributed by atoms with Crippen molar-refractivity contribution in [2.24, 2.45) is 0 Å². The van der Waals surface area contributed by atoms with Crippen LogP contribution in [-0.2, 0) is 0 Å². The zero-order chi connectivity index (χ0) is 16.9. The molecule has 0 aliphatic rings. The number of nitrogens with one attached hydrogen (secondary N) is 1. The predicted molar refractivity (Wildman–Crippen MR) is 97.0 cm³/mol. The van der Waals surface area contributed by atoms with Gasteiger partial charge in [-0.1, -0.05) is 47.5 Å². The molecule has 24 heavy (non-hydrogen) atoms. The minimum atomic E-state index is -0.153. The zero-order valence-corrected chi connectivity index (χ0v) is 14.0. The van der Waals surface area contributed by atoms with Crippen LogP contribution in [0.3, 0.4) is 0 Å². The molecule has 3 nitrogen and oxygen atoms in total. The number of halogens is 1. The van der Waals surface area contributed by atoms with Crippen molar-refractivity contribution in [3.63, 3.8) is 0 Å². The van der Waals surface area contributed by atoms with Gasteiger partial charge in [-0.3, -0.25) is 4.98 Å². The lowest BCUT2D eigenvalue weighted by molar-refractivity contribution is 0.884. The molecule has 2 aromatic carbocycles. The summed E-state index contributed by atoms with van der Waals surface area (Å²) in [7, 11) is 0. The van der Waals surface area contributed by atoms with Crippen LogP contribution >= 0.6 is 11.6 Å². The van der Waals surface area contributed by atoms with Crippen molar-refractivity contribution < 1.29 is 0 Å². The van der Waals surface area contributed by atoms with Crippen molar-refractivity contribution in [3.05, 3.63) is 94.3 Å². The molecule has 3 rings (SSSR count). The van der Waals surface area contributed by atoms with Crippen LogP contribution in [0, 0.1) is 18.3 Å². The van der Waals surface area contributed by atoms with Gasteiger partial charge in [0.05, 0.1) is 23.0 Å². The molecule has 0 saturated heterocycles. The van der Waals surface area contributed by atoms with E-state index in [1.54, 1.807) is 18.3 Å². The van der Waals surface area contributed by atoms with Gasteiger partial charge in [0.15, 0.2) is 0 Å². The van der Waals surface area contributed by atoms with E-state index in [9.17, 15) is 5.26 Å². The maximum Gasteiger partial charge on any atom is 0.101 e. The Morgan fingerprint density at radius 1 is 1.08 bits per heavy atom. The fraction of sp³-hybridized carbons (Fsp3) is 0.100. The van der Waals surface area contributed by atoms with Gasteiger partial charge < -0.3 is 5.32 Å². The Labute approximate surface area is 146 Å². The highest BCUT2D eigenvalue weighted by atomic mass is 35.5. The number of aryl methyl sites for hydroxylation is 1. The zero-order valence-electron chi connectivity index (χ0n) is 13.2. The van der Waals surface area contributed by atoms with Crippen LogP contribution in [0.4, 0.5) is 5.69 Å². The molecule has 0 amide bonds. The number of hydrogen-bond acceptors (Lipinski definition) is 3. The molecule has 0 bridgehead atoms. The third kappa shape index (κ3) is 3.56. The highest BCUT2D eigenvalue weighted by Crippen LogP contribution is 2.29. The maximum absolute atomic E-state index is 9.38. The Hall–Kier alpha value is -2.83. The van der Waals surface area contributed by atoms with Crippen LogP contribution in [0.5, 0.6) is 0 Å². The van der Waals surface area contributed by atoms with E-state index in [0.29, 0.717) is 10.6 Å². The molecule has 1 heterocycles. The minimum Gasteiger partial charge on any atom is -0.372 e. The highest BCUT2D eigenvalue weighted by Gasteiger charge is 2.17. The average molecular weight is 334 g/mol. The molecular weight excluding hydrogens is 318 g/mol. The van der Waals surface area contributed by atoms with E-state index >= 15 is 0 Å². The summed E-state index contributed by atoms with van der Waals surface area (Å²) in [5.74, 6) is 0. The molecule has 1 atom stereocenters. The third-order valence-electron chi connectivity index (χ3n) is 3.76. The highest BCUT2D eigenvalue weighted by molar-refractivity contribution is 6.30. The molecule has 1 unspecified atom stereocenters. The number of rotatable bonds is 4. The topological polar surface area (TPSA) is 48.7 Å². The van der Waals surface area contributed by atoms with E-state index in [0.717, 1.165) is 16.9 Å². The van der Waals surface area contributed by atoms with Crippen molar-refractivity contribution in [1.29, 1.82) is 5.26 Å². The molecule has 4 heteroatoms. The first-order valence-corrected chi connectivity index (χ1v) is 7.99. The SMILES string of the molecule is Cc1cccc(C(Nc2ccc(Cl)cc2C#N)c2ccccn2)c1. The lowest BCUT2D eigenvalue weighted by atomic mass is 10.00. The number of nitriles is 1. The predicted octanol–water partition coefficient (Wildman–Crippen LogP) is 5.12. The van der Waals surface area contributed by atoms with Gasteiger partial charge >= 0.3 is 0 Å². The van der Waals surface area contributed by atoms with Crippen molar-refractivity contribution in [2.45, 2.75) is 13.0 Å². The van der Waals surface area contributed by atoms with Gasteiger partial charge in [0, 0.05) is 11.2 Å². The van der Waals surface area contributed by atoms with E-state index in [1.165, 1.54) is 5.56 Å². The molecule has 0 aliphatic heterocycles. The maximum atomic E-state index is 9.38. The second kappa shape index (κ2) is 7.16. The van der Waals surface area contributed by atoms with Gasteiger partial charge in [0.1, 0.15) is 6.07 Å². The smallest absolute Gasteiger partial charge is 0.101 e. The first-order valence-electron chi connectivity index (χ1n) is 7.61. The number of pyridine rings is 1. The summed E-state index contributed by atoms with van der Waals surface area (Å²) >= 11 is 6.00. The number of aromatic nitrogens is 1. The van der Waals surface area contributed by atoms with Crippen LogP contribution in [0.25, 0.3) is 0 Å². The van der Waals surface area contributed by atoms with E-state index in [1.807, 2.05) is 30.3 Å². The summed E-state index contributed by atoms with van der Waals surface area (Å²) in [6.45, 7) is 2.06. The first kappa shape index (κ1) is 16.0. The van der Waals surface area contributed by atoms with Crippen molar-refractivity contribution in [1.82, 2.24) is 4.98 Å². The first-order chi connectivity index (χ1) is 11.7. The van der Waals surface area contributed by atoms with Crippen LogP contribution in [0.2, 0.25) is 5.02 Å². The number of nitrogens with zero attached hydrogens (tertiary/aromatic N) is 2. The Morgan fingerprint density at radius 3 is 2.67 bits per heavy atom. The average Bonchev–Trinajstić information content (AvgIpc) is 2.61. The third-order valence-corrected chi connectivity index (χ3v) is 4.00. The molecule has 0 fully saturated rings. The van der Waals surface area contributed by atoms with E-state index < -0.39 is 0 Å². The van der Waals surface area contributed by atoms with E-state index in [4.69, 9.17) is 11.6 Å². The van der Waals surface area contributed by atoms with Gasteiger partial charge in [-0.25, -0.2) is 0 Å². The Bertz CT molecular complexity index is 885. The molecule has 0 radical (unpaired) electrons. The summed E-state index contributed by atoms with van der Waals surface area (Å²) in [6, 6.07) is 21.4. The minimum absolute atomic E-state index is 0.153. The molecule has 0 saturated carbocycles. The summed E-state index contributed by atoms with van der Waals surface area (Å²) in [5, 5.41) is 13.4. The monoisotopic (exact) mass is 333 g/mol. The molecular formula is C20H16ClN3.